The second-order valence-corrected chi connectivity index (χ2v) is 13.0. The monoisotopic (exact) mass is 304 g/mol. The molecule has 0 aromatic carbocycles. The molecule has 0 atom stereocenters. The maximum absolute atomic E-state index is 5.86. The van der Waals surface area contributed by atoms with Crippen LogP contribution in [0, 0.1) is 0 Å². The van der Waals surface area contributed by atoms with E-state index >= 15 is 0 Å². The Morgan fingerprint density at radius 3 is 1.50 bits per heavy atom. The molecule has 1 rings (SSSR count). The zero-order chi connectivity index (χ0) is 10.7. The van der Waals surface area contributed by atoms with Crippen LogP contribution in [0.5, 0.6) is 0 Å². The Kier molecular flexibility index (Phi) is 4.76. The topological polar surface area (TPSA) is 46.2 Å². The minimum absolute atomic E-state index is 0.425. The molecule has 8 heteroatoms. The summed E-state index contributed by atoms with van der Waals surface area (Å²) in [7, 11) is 1.57. The fourth-order valence-electron chi connectivity index (χ4n) is 1.17. The summed E-state index contributed by atoms with van der Waals surface area (Å²) in [6.45, 7) is 0. The van der Waals surface area contributed by atoms with Crippen molar-refractivity contribution in [3.63, 3.8) is 0 Å². The summed E-state index contributed by atoms with van der Waals surface area (Å²) in [6.07, 6.45) is 0. The molecule has 0 spiro atoms. The fourth-order valence-corrected chi connectivity index (χ4v) is 16.8. The summed E-state index contributed by atoms with van der Waals surface area (Å²) < 4.78 is 27.3. The molecule has 1 fully saturated rings. The molecule has 0 aromatic rings. The summed E-state index contributed by atoms with van der Waals surface area (Å²) >= 11 is 0.425. The summed E-state index contributed by atoms with van der Waals surface area (Å²) in [5, 5.41) is 0. The van der Waals surface area contributed by atoms with Crippen molar-refractivity contribution in [2.75, 3.05) is 28.4 Å². The Balaban J connectivity index is 2.75. The normalized spacial score (nSPS) is 24.9. The van der Waals surface area contributed by atoms with Gasteiger partial charge >= 0.3 is 92.7 Å². The van der Waals surface area contributed by atoms with Crippen molar-refractivity contribution in [2.24, 2.45) is 0 Å². The first kappa shape index (κ1) is 12.8. The van der Waals surface area contributed by atoms with Gasteiger partial charge in [-0.3, -0.25) is 0 Å². The molecule has 5 nitrogen and oxygen atoms in total. The van der Waals surface area contributed by atoms with Gasteiger partial charge in [-0.25, -0.2) is 0 Å². The number of rotatable bonds is 4. The molecule has 1 aliphatic heterocycles. The van der Waals surface area contributed by atoms with Crippen LogP contribution in [0.3, 0.4) is 0 Å². The van der Waals surface area contributed by atoms with Crippen molar-refractivity contribution < 1.29 is 21.8 Å². The molecular weight excluding hydrogens is 287 g/mol. The first-order chi connectivity index (χ1) is 6.66. The Labute approximate surface area is 92.9 Å². The standard InChI is InChI=1S/C6H16O5SeSi2/c1-7-13(8-2)5-12-6-14(9-3,10-4)11-13/h5-6H2,1-4H3. The van der Waals surface area contributed by atoms with Gasteiger partial charge in [-0.2, -0.15) is 0 Å². The van der Waals surface area contributed by atoms with Gasteiger partial charge in [-0.15, -0.1) is 0 Å². The van der Waals surface area contributed by atoms with Gasteiger partial charge in [0.2, 0.25) is 0 Å². The fraction of sp³-hybridized carbons (Fsp3) is 1.00. The molecular formula is C6H16O5SeSi2. The second kappa shape index (κ2) is 5.19. The Bertz CT molecular complexity index is 167. The van der Waals surface area contributed by atoms with E-state index in [9.17, 15) is 0 Å². The average Bonchev–Trinajstić information content (AvgIpc) is 2.29. The van der Waals surface area contributed by atoms with Gasteiger partial charge in [0.05, 0.1) is 0 Å². The van der Waals surface area contributed by atoms with E-state index in [4.69, 9.17) is 21.8 Å². The van der Waals surface area contributed by atoms with Gasteiger partial charge in [-0.05, 0) is 0 Å². The molecule has 0 unspecified atom stereocenters. The predicted molar refractivity (Wildman–Crippen MR) is 56.0 cm³/mol. The summed E-state index contributed by atoms with van der Waals surface area (Å²) in [5.41, 5.74) is 0. The molecule has 1 aliphatic rings. The van der Waals surface area contributed by atoms with Gasteiger partial charge in [-0.1, -0.05) is 0 Å². The van der Waals surface area contributed by atoms with Crippen molar-refractivity contribution in [1.82, 2.24) is 0 Å². The second-order valence-electron chi connectivity index (χ2n) is 2.78. The molecule has 84 valence electrons. The van der Waals surface area contributed by atoms with E-state index in [0.717, 1.165) is 9.89 Å². The van der Waals surface area contributed by atoms with Crippen molar-refractivity contribution in [1.29, 1.82) is 0 Å². The van der Waals surface area contributed by atoms with E-state index < -0.39 is 17.6 Å². The molecule has 1 heterocycles. The van der Waals surface area contributed by atoms with Gasteiger partial charge in [0.25, 0.3) is 0 Å². The molecule has 0 bridgehead atoms. The first-order valence-electron chi connectivity index (χ1n) is 4.14. The minimum atomic E-state index is -2.47. The van der Waals surface area contributed by atoms with Crippen LogP contribution in [0.1, 0.15) is 0 Å². The molecule has 0 amide bonds. The zero-order valence-electron chi connectivity index (χ0n) is 8.86. The van der Waals surface area contributed by atoms with Crippen LogP contribution in [0.15, 0.2) is 0 Å². The van der Waals surface area contributed by atoms with Crippen LogP contribution in [0.4, 0.5) is 0 Å². The quantitative estimate of drug-likeness (QED) is 0.689. The SMILES string of the molecule is CO[Si]1(OC)C[Se]C[Si](OC)(OC)O1. The van der Waals surface area contributed by atoms with E-state index in [-0.39, 0.29) is 0 Å². The van der Waals surface area contributed by atoms with E-state index in [1.165, 1.54) is 0 Å². The first-order valence-corrected chi connectivity index (χ1v) is 10.4. The third-order valence-corrected chi connectivity index (χ3v) is 15.2. The third kappa shape index (κ3) is 2.46. The van der Waals surface area contributed by atoms with E-state index in [0.29, 0.717) is 15.0 Å². The van der Waals surface area contributed by atoms with Crippen molar-refractivity contribution in [3.05, 3.63) is 0 Å². The third-order valence-electron chi connectivity index (χ3n) is 2.11. The van der Waals surface area contributed by atoms with Crippen molar-refractivity contribution in [3.8, 4) is 0 Å². The molecule has 0 radical (unpaired) electrons. The van der Waals surface area contributed by atoms with Crippen molar-refractivity contribution in [2.45, 2.75) is 9.89 Å². The molecule has 1 saturated heterocycles. The molecule has 0 saturated carbocycles. The Hall–Kier alpha value is 0.753. The Morgan fingerprint density at radius 2 is 1.21 bits per heavy atom. The van der Waals surface area contributed by atoms with E-state index in [2.05, 4.69) is 0 Å². The van der Waals surface area contributed by atoms with E-state index in [1.54, 1.807) is 28.4 Å². The van der Waals surface area contributed by atoms with Crippen molar-refractivity contribution >= 4 is 32.6 Å². The summed E-state index contributed by atoms with van der Waals surface area (Å²) in [5.74, 6) is 0. The van der Waals surface area contributed by atoms with Crippen LogP contribution in [-0.2, 0) is 21.8 Å². The average molecular weight is 303 g/mol. The van der Waals surface area contributed by atoms with Crippen LogP contribution in [0.25, 0.3) is 0 Å². The van der Waals surface area contributed by atoms with Gasteiger partial charge in [0.15, 0.2) is 0 Å². The maximum atomic E-state index is 5.86. The van der Waals surface area contributed by atoms with Gasteiger partial charge in [0.1, 0.15) is 0 Å². The van der Waals surface area contributed by atoms with Crippen LogP contribution in [-0.4, -0.2) is 61.0 Å². The summed E-state index contributed by atoms with van der Waals surface area (Å²) in [4.78, 5) is 1.79. The Morgan fingerprint density at radius 1 is 0.857 bits per heavy atom. The molecule has 0 aliphatic carbocycles. The number of hydrogen-bond acceptors (Lipinski definition) is 5. The van der Waals surface area contributed by atoms with Crippen LogP contribution in [0.2, 0.25) is 9.89 Å². The predicted octanol–water partition coefficient (Wildman–Crippen LogP) is 0.0992. The van der Waals surface area contributed by atoms with Crippen LogP contribution >= 0.6 is 0 Å². The summed E-state index contributed by atoms with van der Waals surface area (Å²) in [6, 6.07) is 0. The van der Waals surface area contributed by atoms with E-state index in [1.807, 2.05) is 0 Å². The molecule has 14 heavy (non-hydrogen) atoms. The molecule has 0 N–H and O–H groups in total. The van der Waals surface area contributed by atoms with Gasteiger partial charge < -0.3 is 0 Å². The van der Waals surface area contributed by atoms with Crippen LogP contribution < -0.4 is 0 Å². The zero-order valence-corrected chi connectivity index (χ0v) is 12.6. The molecule has 0 aromatic heterocycles. The number of hydrogen-bond donors (Lipinski definition) is 0. The van der Waals surface area contributed by atoms with Gasteiger partial charge in [0, 0.05) is 0 Å².